The van der Waals surface area contributed by atoms with Crippen molar-refractivity contribution in [3.05, 3.63) is 46.0 Å². The number of carbonyl (C=O) groups is 1. The van der Waals surface area contributed by atoms with Gasteiger partial charge in [0.25, 0.3) is 0 Å². The molecular formula is C13H17NO3. The second kappa shape index (κ2) is 6.13. The fourth-order valence-corrected chi connectivity index (χ4v) is 2.07. The van der Waals surface area contributed by atoms with Crippen LogP contribution in [0.5, 0.6) is 0 Å². The molecule has 2 unspecified atom stereocenters. The normalized spacial score (nSPS) is 14.0. The second-order valence-corrected chi connectivity index (χ2v) is 4.18. The lowest BCUT2D eigenvalue weighted by molar-refractivity contribution is -0.527. The Bertz CT molecular complexity index is 389. The van der Waals surface area contributed by atoms with Gasteiger partial charge in [-0.2, -0.15) is 0 Å². The van der Waals surface area contributed by atoms with Gasteiger partial charge in [-0.05, 0) is 12.5 Å². The predicted octanol–water partition coefficient (Wildman–Crippen LogP) is 2.80. The minimum Gasteiger partial charge on any atom is -0.300 e. The molecule has 0 saturated heterocycles. The SMILES string of the molecule is CCC(C(CC(C)=O)c1ccccc1)[N+](=O)[O-]. The van der Waals surface area contributed by atoms with Crippen molar-refractivity contribution in [1.82, 2.24) is 0 Å². The average Bonchev–Trinajstić information content (AvgIpc) is 2.29. The van der Waals surface area contributed by atoms with Crippen LogP contribution in [0.15, 0.2) is 30.3 Å². The van der Waals surface area contributed by atoms with E-state index in [-0.39, 0.29) is 23.0 Å². The maximum Gasteiger partial charge on any atom is 0.220 e. The summed E-state index contributed by atoms with van der Waals surface area (Å²) in [6, 6.07) is 8.55. The van der Waals surface area contributed by atoms with Gasteiger partial charge in [-0.1, -0.05) is 37.3 Å². The summed E-state index contributed by atoms with van der Waals surface area (Å²) in [5.74, 6) is -0.340. The molecule has 0 amide bonds. The molecule has 17 heavy (non-hydrogen) atoms. The van der Waals surface area contributed by atoms with Crippen LogP contribution in [-0.2, 0) is 4.79 Å². The lowest BCUT2D eigenvalue weighted by atomic mass is 9.86. The summed E-state index contributed by atoms with van der Waals surface area (Å²) in [7, 11) is 0. The summed E-state index contributed by atoms with van der Waals surface area (Å²) in [5, 5.41) is 11.0. The van der Waals surface area contributed by atoms with Gasteiger partial charge in [-0.15, -0.1) is 0 Å². The molecule has 4 heteroatoms. The molecule has 0 heterocycles. The van der Waals surface area contributed by atoms with Gasteiger partial charge in [-0.3, -0.25) is 10.1 Å². The Morgan fingerprint density at radius 1 is 1.35 bits per heavy atom. The van der Waals surface area contributed by atoms with E-state index in [4.69, 9.17) is 0 Å². The Labute approximate surface area is 101 Å². The number of benzene rings is 1. The van der Waals surface area contributed by atoms with Crippen LogP contribution in [0.1, 0.15) is 38.2 Å². The number of hydrogen-bond acceptors (Lipinski definition) is 3. The van der Waals surface area contributed by atoms with Gasteiger partial charge in [0.1, 0.15) is 5.78 Å². The van der Waals surface area contributed by atoms with Crippen LogP contribution in [-0.4, -0.2) is 16.7 Å². The van der Waals surface area contributed by atoms with Crippen molar-refractivity contribution in [2.45, 2.75) is 38.6 Å². The van der Waals surface area contributed by atoms with Crippen molar-refractivity contribution in [3.8, 4) is 0 Å². The third-order valence-corrected chi connectivity index (χ3v) is 2.89. The maximum absolute atomic E-state index is 11.2. The number of hydrogen-bond donors (Lipinski definition) is 0. The van der Waals surface area contributed by atoms with E-state index in [0.29, 0.717) is 6.42 Å². The summed E-state index contributed by atoms with van der Waals surface area (Å²) in [6.07, 6.45) is 0.656. The van der Waals surface area contributed by atoms with E-state index in [1.165, 1.54) is 6.92 Å². The molecule has 0 saturated carbocycles. The number of Topliss-reactive ketones (excluding diaryl/α,β-unsaturated/α-hetero) is 1. The molecular weight excluding hydrogens is 218 g/mol. The first-order chi connectivity index (χ1) is 8.06. The summed E-state index contributed by atoms with van der Waals surface area (Å²) >= 11 is 0. The molecule has 0 aromatic heterocycles. The molecule has 0 aliphatic rings. The largest absolute Gasteiger partial charge is 0.300 e. The summed E-state index contributed by atoms with van der Waals surface area (Å²) in [5.41, 5.74) is 0.867. The summed E-state index contributed by atoms with van der Waals surface area (Å²) in [6.45, 7) is 3.26. The highest BCUT2D eigenvalue weighted by atomic mass is 16.6. The topological polar surface area (TPSA) is 60.2 Å². The minimum absolute atomic E-state index is 0.0147. The predicted molar refractivity (Wildman–Crippen MR) is 65.6 cm³/mol. The van der Waals surface area contributed by atoms with Gasteiger partial charge in [0.05, 0.1) is 5.92 Å². The zero-order chi connectivity index (χ0) is 12.8. The van der Waals surface area contributed by atoms with E-state index in [0.717, 1.165) is 5.56 Å². The van der Waals surface area contributed by atoms with Crippen molar-refractivity contribution in [2.24, 2.45) is 0 Å². The van der Waals surface area contributed by atoms with Gasteiger partial charge in [0, 0.05) is 17.8 Å². The summed E-state index contributed by atoms with van der Waals surface area (Å²) < 4.78 is 0. The Kier molecular flexibility index (Phi) is 4.82. The van der Waals surface area contributed by atoms with Crippen molar-refractivity contribution >= 4 is 5.78 Å². The van der Waals surface area contributed by atoms with Gasteiger partial charge in [0.15, 0.2) is 0 Å². The monoisotopic (exact) mass is 235 g/mol. The minimum atomic E-state index is -0.693. The van der Waals surface area contributed by atoms with Crippen molar-refractivity contribution < 1.29 is 9.72 Å². The molecule has 0 fully saturated rings. The third-order valence-electron chi connectivity index (χ3n) is 2.89. The quantitative estimate of drug-likeness (QED) is 0.562. The van der Waals surface area contributed by atoms with E-state index in [1.54, 1.807) is 6.92 Å². The molecule has 1 aromatic rings. The first-order valence-corrected chi connectivity index (χ1v) is 5.74. The Hall–Kier alpha value is -1.71. The van der Waals surface area contributed by atoms with Crippen molar-refractivity contribution in [3.63, 3.8) is 0 Å². The van der Waals surface area contributed by atoms with Crippen molar-refractivity contribution in [2.75, 3.05) is 0 Å². The van der Waals surface area contributed by atoms with Crippen molar-refractivity contribution in [1.29, 1.82) is 0 Å². The molecule has 4 nitrogen and oxygen atoms in total. The van der Waals surface area contributed by atoms with Crippen LogP contribution in [0.4, 0.5) is 0 Å². The van der Waals surface area contributed by atoms with E-state index in [2.05, 4.69) is 0 Å². The first-order valence-electron chi connectivity index (χ1n) is 5.74. The lowest BCUT2D eigenvalue weighted by Gasteiger charge is -2.19. The number of carbonyl (C=O) groups excluding carboxylic acids is 1. The van der Waals surface area contributed by atoms with Crippen LogP contribution >= 0.6 is 0 Å². The highest BCUT2D eigenvalue weighted by molar-refractivity contribution is 5.76. The zero-order valence-electron chi connectivity index (χ0n) is 10.1. The standard InChI is InChI=1S/C13H17NO3/c1-3-13(14(16)17)12(9-10(2)15)11-7-5-4-6-8-11/h4-8,12-13H,3,9H2,1-2H3. The van der Waals surface area contributed by atoms with Gasteiger partial charge < -0.3 is 4.79 Å². The Balaban J connectivity index is 3.02. The van der Waals surface area contributed by atoms with E-state index in [1.807, 2.05) is 30.3 Å². The fraction of sp³-hybridized carbons (Fsp3) is 0.462. The maximum atomic E-state index is 11.2. The molecule has 0 radical (unpaired) electrons. The van der Waals surface area contributed by atoms with Crippen LogP contribution in [0.2, 0.25) is 0 Å². The summed E-state index contributed by atoms with van der Waals surface area (Å²) in [4.78, 5) is 22.0. The average molecular weight is 235 g/mol. The second-order valence-electron chi connectivity index (χ2n) is 4.18. The molecule has 0 bridgehead atoms. The zero-order valence-corrected chi connectivity index (χ0v) is 10.1. The first kappa shape index (κ1) is 13.4. The van der Waals surface area contributed by atoms with E-state index < -0.39 is 6.04 Å². The van der Waals surface area contributed by atoms with Gasteiger partial charge in [-0.25, -0.2) is 0 Å². The number of nitrogens with zero attached hydrogens (tertiary/aromatic N) is 1. The molecule has 2 atom stereocenters. The molecule has 1 rings (SSSR count). The van der Waals surface area contributed by atoms with Crippen LogP contribution in [0, 0.1) is 10.1 Å². The van der Waals surface area contributed by atoms with Crippen LogP contribution < -0.4 is 0 Å². The fourth-order valence-electron chi connectivity index (χ4n) is 2.07. The molecule has 1 aromatic carbocycles. The molecule has 92 valence electrons. The molecule has 0 spiro atoms. The molecule has 0 N–H and O–H groups in total. The number of ketones is 1. The smallest absolute Gasteiger partial charge is 0.220 e. The van der Waals surface area contributed by atoms with E-state index >= 15 is 0 Å². The van der Waals surface area contributed by atoms with Crippen LogP contribution in [0.25, 0.3) is 0 Å². The van der Waals surface area contributed by atoms with Crippen LogP contribution in [0.3, 0.4) is 0 Å². The van der Waals surface area contributed by atoms with E-state index in [9.17, 15) is 14.9 Å². The lowest BCUT2D eigenvalue weighted by Crippen LogP contribution is -2.28. The van der Waals surface area contributed by atoms with Gasteiger partial charge in [0.2, 0.25) is 6.04 Å². The Morgan fingerprint density at radius 3 is 2.35 bits per heavy atom. The Morgan fingerprint density at radius 2 is 1.94 bits per heavy atom. The highest BCUT2D eigenvalue weighted by Crippen LogP contribution is 2.27. The third kappa shape index (κ3) is 3.66. The van der Waals surface area contributed by atoms with Gasteiger partial charge >= 0.3 is 0 Å². The number of nitro groups is 1. The number of rotatable bonds is 6. The molecule has 0 aliphatic carbocycles. The molecule has 0 aliphatic heterocycles. The highest BCUT2D eigenvalue weighted by Gasteiger charge is 2.31.